The van der Waals surface area contributed by atoms with Crippen molar-refractivity contribution in [3.05, 3.63) is 35.6 Å². The number of carbonyl (C=O) groups is 1. The van der Waals surface area contributed by atoms with Crippen molar-refractivity contribution < 1.29 is 4.79 Å². The van der Waals surface area contributed by atoms with Crippen LogP contribution in [0.2, 0.25) is 0 Å². The molecule has 0 N–H and O–H groups in total. The van der Waals surface area contributed by atoms with E-state index in [2.05, 4.69) is 69.5 Å². The summed E-state index contributed by atoms with van der Waals surface area (Å²) in [5.41, 5.74) is 0. The summed E-state index contributed by atoms with van der Waals surface area (Å²) in [6.45, 7) is 8.69. The normalized spacial score (nSPS) is 10.5. The van der Waals surface area contributed by atoms with E-state index in [0.29, 0.717) is 11.8 Å². The van der Waals surface area contributed by atoms with Crippen molar-refractivity contribution in [3.63, 3.8) is 0 Å². The summed E-state index contributed by atoms with van der Waals surface area (Å²) in [6.07, 6.45) is 8.44. The van der Waals surface area contributed by atoms with Crippen LogP contribution >= 0.6 is 54.5 Å². The molecule has 24 heavy (non-hydrogen) atoms. The topological polar surface area (TPSA) is 42.9 Å². The number of rotatable bonds is 6. The van der Waals surface area contributed by atoms with E-state index in [9.17, 15) is 4.79 Å². The molecule has 132 valence electrons. The zero-order valence-corrected chi connectivity index (χ0v) is 19.1. The van der Waals surface area contributed by atoms with Gasteiger partial charge in [-0.05, 0) is 49.8 Å². The summed E-state index contributed by atoms with van der Waals surface area (Å²) in [6, 6.07) is 0. The van der Waals surface area contributed by atoms with E-state index in [4.69, 9.17) is 0 Å². The van der Waals surface area contributed by atoms with Crippen LogP contribution in [-0.4, -0.2) is 16.3 Å². The van der Waals surface area contributed by atoms with Crippen molar-refractivity contribution >= 4 is 66.9 Å². The number of hydrogen-bond donors (Lipinski definition) is 0. The van der Waals surface area contributed by atoms with E-state index in [0.717, 1.165) is 32.4 Å². The number of aromatic nitrogens is 2. The average molecular weight is 494 g/mol. The minimum absolute atomic E-state index is 0.612. The third kappa shape index (κ3) is 9.20. The van der Waals surface area contributed by atoms with E-state index in [-0.39, 0.29) is 0 Å². The first kappa shape index (κ1) is 21.7. The third-order valence-corrected chi connectivity index (χ3v) is 5.05. The molecule has 0 fully saturated rings. The van der Waals surface area contributed by atoms with Crippen LogP contribution in [0.25, 0.3) is 6.08 Å². The van der Waals surface area contributed by atoms with E-state index in [1.165, 1.54) is 21.2 Å². The van der Waals surface area contributed by atoms with Crippen LogP contribution in [0.3, 0.4) is 0 Å². The van der Waals surface area contributed by atoms with Gasteiger partial charge in [0, 0.05) is 30.1 Å². The minimum atomic E-state index is 0.612. The molecule has 0 amide bonds. The molecule has 0 radical (unpaired) electrons. The molecule has 2 heterocycles. The number of halogens is 2. The molecule has 0 aromatic carbocycles. The molecular formula is C17H22Br2N2OS2. The smallest absolute Gasteiger partial charge is 0.161 e. The Labute approximate surface area is 168 Å². The molecule has 0 aliphatic heterocycles. The fourth-order valence-corrected chi connectivity index (χ4v) is 4.59. The van der Waals surface area contributed by atoms with Crippen LogP contribution in [0, 0.1) is 11.8 Å². The highest BCUT2D eigenvalue weighted by molar-refractivity contribution is 9.28. The van der Waals surface area contributed by atoms with Gasteiger partial charge in [0.15, 0.2) is 6.29 Å². The lowest BCUT2D eigenvalue weighted by molar-refractivity contribution is 0.112. The zero-order chi connectivity index (χ0) is 18.1. The predicted molar refractivity (Wildman–Crippen MR) is 113 cm³/mol. The molecule has 0 aliphatic carbocycles. The molecule has 0 bridgehead atoms. The van der Waals surface area contributed by atoms with Crippen LogP contribution < -0.4 is 0 Å². The van der Waals surface area contributed by atoms with Crippen molar-refractivity contribution in [3.8, 4) is 0 Å². The first-order valence-corrected chi connectivity index (χ1v) is 10.9. The molecule has 0 saturated carbocycles. The summed E-state index contributed by atoms with van der Waals surface area (Å²) >= 11 is 9.88. The molecule has 0 saturated heterocycles. The van der Waals surface area contributed by atoms with Gasteiger partial charge in [-0.1, -0.05) is 27.7 Å². The molecule has 2 rings (SSSR count). The molecule has 0 aliphatic rings. The Balaban J connectivity index is 0.000000243. The Bertz CT molecular complexity index is 659. The van der Waals surface area contributed by atoms with Gasteiger partial charge in [-0.25, -0.2) is 9.97 Å². The van der Waals surface area contributed by atoms with E-state index >= 15 is 0 Å². The summed E-state index contributed by atoms with van der Waals surface area (Å²) in [7, 11) is 0. The molecular weight excluding hydrogens is 472 g/mol. The number of nitrogens with zero attached hydrogens (tertiary/aromatic N) is 2. The second-order valence-corrected chi connectivity index (χ2v) is 11.1. The number of thiazole rings is 2. The van der Waals surface area contributed by atoms with Crippen LogP contribution in [0.1, 0.15) is 52.3 Å². The molecule has 0 atom stereocenters. The highest BCUT2D eigenvalue weighted by atomic mass is 79.9. The van der Waals surface area contributed by atoms with Gasteiger partial charge < -0.3 is 0 Å². The molecule has 3 nitrogen and oxygen atoms in total. The standard InChI is InChI=1S/C9H11Br2NS.C8H11NOS/c1-6(2)3-9-12-5-7(13-9)4-8(10)11;1-6(2)3-8-9-4-7(5-10)11-8/h4-6H,3H2,1-2H3;4-6H,3H2,1-2H3. The van der Waals surface area contributed by atoms with E-state index in [1.807, 2.05) is 12.3 Å². The van der Waals surface area contributed by atoms with Crippen molar-refractivity contribution in [2.45, 2.75) is 40.5 Å². The third-order valence-electron chi connectivity index (χ3n) is 2.68. The monoisotopic (exact) mass is 492 g/mol. The Morgan fingerprint density at radius 2 is 1.46 bits per heavy atom. The summed E-state index contributed by atoms with van der Waals surface area (Å²) in [5, 5.41) is 2.27. The second-order valence-electron chi connectivity index (χ2n) is 6.06. The van der Waals surface area contributed by atoms with Crippen LogP contribution in [0.5, 0.6) is 0 Å². The maximum atomic E-state index is 10.3. The van der Waals surface area contributed by atoms with Gasteiger partial charge >= 0.3 is 0 Å². The largest absolute Gasteiger partial charge is 0.297 e. The van der Waals surface area contributed by atoms with Crippen LogP contribution in [-0.2, 0) is 12.8 Å². The highest BCUT2D eigenvalue weighted by Gasteiger charge is 2.03. The number of hydrogen-bond acceptors (Lipinski definition) is 5. The number of aldehydes is 1. The minimum Gasteiger partial charge on any atom is -0.297 e. The average Bonchev–Trinajstić information content (AvgIpc) is 3.07. The van der Waals surface area contributed by atoms with Crippen LogP contribution in [0.15, 0.2) is 15.8 Å². The lowest BCUT2D eigenvalue weighted by atomic mass is 10.1. The molecule has 0 spiro atoms. The Morgan fingerprint density at radius 1 is 1.00 bits per heavy atom. The highest BCUT2D eigenvalue weighted by Crippen LogP contribution is 2.23. The molecule has 2 aromatic rings. The predicted octanol–water partition coefficient (Wildman–Crippen LogP) is 6.58. The van der Waals surface area contributed by atoms with Crippen LogP contribution in [0.4, 0.5) is 0 Å². The summed E-state index contributed by atoms with van der Waals surface area (Å²) in [4.78, 5) is 20.6. The molecule has 2 aromatic heterocycles. The van der Waals surface area contributed by atoms with Gasteiger partial charge in [0.1, 0.15) is 0 Å². The van der Waals surface area contributed by atoms with Gasteiger partial charge in [-0.3, -0.25) is 4.79 Å². The van der Waals surface area contributed by atoms with Gasteiger partial charge in [-0.2, -0.15) is 0 Å². The van der Waals surface area contributed by atoms with Gasteiger partial charge in [0.05, 0.1) is 18.3 Å². The van der Waals surface area contributed by atoms with Crippen molar-refractivity contribution in [2.24, 2.45) is 11.8 Å². The second kappa shape index (κ2) is 11.3. The maximum Gasteiger partial charge on any atom is 0.161 e. The first-order valence-electron chi connectivity index (χ1n) is 7.67. The first-order chi connectivity index (χ1) is 11.3. The van der Waals surface area contributed by atoms with E-state index in [1.54, 1.807) is 17.5 Å². The fourth-order valence-electron chi connectivity index (χ4n) is 1.76. The van der Waals surface area contributed by atoms with E-state index < -0.39 is 0 Å². The van der Waals surface area contributed by atoms with Crippen molar-refractivity contribution in [2.75, 3.05) is 0 Å². The van der Waals surface area contributed by atoms with Gasteiger partial charge in [0.2, 0.25) is 0 Å². The van der Waals surface area contributed by atoms with Gasteiger partial charge in [-0.15, -0.1) is 22.7 Å². The Hall–Kier alpha value is -0.370. The van der Waals surface area contributed by atoms with Crippen molar-refractivity contribution in [1.29, 1.82) is 0 Å². The number of carbonyl (C=O) groups excluding carboxylic acids is 1. The fraction of sp³-hybridized carbons (Fsp3) is 0.471. The summed E-state index contributed by atoms with van der Waals surface area (Å²) in [5.74, 6) is 1.29. The molecule has 7 heteroatoms. The lowest BCUT2D eigenvalue weighted by Gasteiger charge is -1.97. The summed E-state index contributed by atoms with van der Waals surface area (Å²) < 4.78 is 0.958. The Morgan fingerprint density at radius 3 is 1.83 bits per heavy atom. The van der Waals surface area contributed by atoms with Crippen molar-refractivity contribution in [1.82, 2.24) is 9.97 Å². The zero-order valence-electron chi connectivity index (χ0n) is 14.3. The Kier molecular flexibility index (Phi) is 10.2. The molecule has 0 unspecified atom stereocenters. The quantitative estimate of drug-likeness (QED) is 0.426. The van der Waals surface area contributed by atoms with Gasteiger partial charge in [0.25, 0.3) is 0 Å². The maximum absolute atomic E-state index is 10.3. The lowest BCUT2D eigenvalue weighted by Crippen LogP contribution is -1.91. The SMILES string of the molecule is CC(C)Cc1ncc(C=C(Br)Br)s1.CC(C)Cc1ncc(C=O)s1.